The predicted molar refractivity (Wildman–Crippen MR) is 135 cm³/mol. The van der Waals surface area contributed by atoms with Crippen molar-refractivity contribution < 1.29 is 19.2 Å². The smallest absolute Gasteiger partial charge is 0.306 e. The van der Waals surface area contributed by atoms with E-state index in [1.54, 1.807) is 0 Å². The highest BCUT2D eigenvalue weighted by molar-refractivity contribution is 5.86. The van der Waals surface area contributed by atoms with Gasteiger partial charge in [0.1, 0.15) is 11.5 Å². The van der Waals surface area contributed by atoms with E-state index in [9.17, 15) is 14.7 Å². The molecule has 0 unspecified atom stereocenters. The zero-order chi connectivity index (χ0) is 24.9. The number of carbonyl (C=O) groups is 2. The van der Waals surface area contributed by atoms with E-state index in [0.29, 0.717) is 37.0 Å². The van der Waals surface area contributed by atoms with Crippen molar-refractivity contribution >= 4 is 11.8 Å². The number of carboxylic acid groups (broad SMARTS) is 1. The Morgan fingerprint density at radius 1 is 1.09 bits per heavy atom. The summed E-state index contributed by atoms with van der Waals surface area (Å²) in [4.78, 5) is 25.6. The van der Waals surface area contributed by atoms with Crippen LogP contribution in [0.3, 0.4) is 0 Å². The van der Waals surface area contributed by atoms with Crippen molar-refractivity contribution in [2.45, 2.75) is 96.8 Å². The van der Waals surface area contributed by atoms with E-state index in [-0.39, 0.29) is 17.6 Å². The summed E-state index contributed by atoms with van der Waals surface area (Å²) in [7, 11) is 0. The maximum absolute atomic E-state index is 13.6. The average Bonchev–Trinajstić information content (AvgIpc) is 3.35. The van der Waals surface area contributed by atoms with Crippen molar-refractivity contribution in [3.05, 3.63) is 51.9 Å². The summed E-state index contributed by atoms with van der Waals surface area (Å²) in [6.07, 6.45) is 7.07. The first-order chi connectivity index (χ1) is 16.7. The number of Topliss-reactive ketones (excluding diaryl/α,β-unsaturated/α-hetero) is 1. The minimum absolute atomic E-state index is 0.137. The summed E-state index contributed by atoms with van der Waals surface area (Å²) >= 11 is 0. The van der Waals surface area contributed by atoms with Crippen molar-refractivity contribution in [1.29, 1.82) is 0 Å². The molecule has 1 aromatic heterocycles. The SMILES string of the molecule is Cc1ccc(CC(=O)[C@H]2C[C@H](C(=O)O)C[C@@H]2c2noc(C3CC(CC(C)C)C3)c2C2CC2)c(C)c1. The van der Waals surface area contributed by atoms with E-state index in [4.69, 9.17) is 4.52 Å². The number of carboxylic acids is 1. The van der Waals surface area contributed by atoms with Crippen molar-refractivity contribution in [3.63, 3.8) is 0 Å². The average molecular weight is 478 g/mol. The second-order valence-corrected chi connectivity index (χ2v) is 12.1. The van der Waals surface area contributed by atoms with Crippen LogP contribution in [0.4, 0.5) is 0 Å². The van der Waals surface area contributed by atoms with Gasteiger partial charge in [-0.2, -0.15) is 0 Å². The van der Waals surface area contributed by atoms with Gasteiger partial charge < -0.3 is 9.63 Å². The lowest BCUT2D eigenvalue weighted by atomic mass is 9.69. The zero-order valence-electron chi connectivity index (χ0n) is 21.5. The molecule has 2 aromatic rings. The number of aliphatic carboxylic acids is 1. The molecule has 3 saturated carbocycles. The number of nitrogens with zero attached hydrogens (tertiary/aromatic N) is 1. The van der Waals surface area contributed by atoms with Crippen LogP contribution in [0.25, 0.3) is 0 Å². The van der Waals surface area contributed by atoms with Gasteiger partial charge in [0.05, 0.1) is 11.6 Å². The van der Waals surface area contributed by atoms with Crippen LogP contribution in [-0.4, -0.2) is 22.0 Å². The minimum Gasteiger partial charge on any atom is -0.481 e. The molecule has 5 rings (SSSR count). The zero-order valence-corrected chi connectivity index (χ0v) is 21.5. The number of hydrogen-bond donors (Lipinski definition) is 1. The summed E-state index contributed by atoms with van der Waals surface area (Å²) in [6, 6.07) is 6.19. The first kappa shape index (κ1) is 24.3. The van der Waals surface area contributed by atoms with Crippen LogP contribution < -0.4 is 0 Å². The second-order valence-electron chi connectivity index (χ2n) is 12.1. The quantitative estimate of drug-likeness (QED) is 0.434. The molecular weight excluding hydrogens is 438 g/mol. The molecule has 1 aromatic carbocycles. The highest BCUT2D eigenvalue weighted by atomic mass is 16.5. The van der Waals surface area contributed by atoms with Gasteiger partial charge >= 0.3 is 5.97 Å². The van der Waals surface area contributed by atoms with Crippen LogP contribution >= 0.6 is 0 Å². The summed E-state index contributed by atoms with van der Waals surface area (Å²) < 4.78 is 6.03. The van der Waals surface area contributed by atoms with E-state index in [2.05, 4.69) is 32.0 Å². The van der Waals surface area contributed by atoms with Gasteiger partial charge in [0.15, 0.2) is 0 Å². The summed E-state index contributed by atoms with van der Waals surface area (Å²) in [5, 5.41) is 14.4. The number of carbonyl (C=O) groups excluding carboxylic acids is 1. The Balaban J connectivity index is 1.40. The molecule has 1 heterocycles. The number of aromatic nitrogens is 1. The van der Waals surface area contributed by atoms with Gasteiger partial charge in [-0.05, 0) is 87.7 Å². The standard InChI is InChI=1S/C30H39NO4/c1-16(2)9-19-11-22(12-19)29-27(20-7-8-20)28(31-35-29)25-14-23(30(33)34)13-24(25)26(32)15-21-6-5-17(3)10-18(21)4/h5-6,10,16,19-20,22-25H,7-9,11-15H2,1-4H3,(H,33,34)/t19?,22?,23-,24-,25-/m0/s1. The highest BCUT2D eigenvalue weighted by Crippen LogP contribution is 2.55. The van der Waals surface area contributed by atoms with Crippen molar-refractivity contribution in [2.24, 2.45) is 23.7 Å². The van der Waals surface area contributed by atoms with Gasteiger partial charge in [0.2, 0.25) is 0 Å². The fourth-order valence-corrected chi connectivity index (χ4v) is 6.74. The van der Waals surface area contributed by atoms with E-state index < -0.39 is 11.9 Å². The third kappa shape index (κ3) is 4.96. The summed E-state index contributed by atoms with van der Waals surface area (Å²) in [5.41, 5.74) is 5.47. The maximum Gasteiger partial charge on any atom is 0.306 e. The predicted octanol–water partition coefficient (Wildman–Crippen LogP) is 6.71. The van der Waals surface area contributed by atoms with Crippen LogP contribution in [0.2, 0.25) is 0 Å². The lowest BCUT2D eigenvalue weighted by Crippen LogP contribution is -2.24. The van der Waals surface area contributed by atoms with E-state index >= 15 is 0 Å². The van der Waals surface area contributed by atoms with Gasteiger partial charge in [-0.25, -0.2) is 0 Å². The van der Waals surface area contributed by atoms with Crippen molar-refractivity contribution in [3.8, 4) is 0 Å². The normalized spacial score (nSPS) is 28.3. The monoisotopic (exact) mass is 477 g/mol. The molecule has 3 aliphatic rings. The minimum atomic E-state index is -0.802. The topological polar surface area (TPSA) is 80.4 Å². The Morgan fingerprint density at radius 3 is 2.46 bits per heavy atom. The van der Waals surface area contributed by atoms with E-state index in [0.717, 1.165) is 54.2 Å². The van der Waals surface area contributed by atoms with Crippen LogP contribution in [0.15, 0.2) is 22.7 Å². The Kier molecular flexibility index (Phi) is 6.63. The second kappa shape index (κ2) is 9.55. The van der Waals surface area contributed by atoms with Crippen molar-refractivity contribution in [2.75, 3.05) is 0 Å². The fourth-order valence-electron chi connectivity index (χ4n) is 6.74. The molecule has 0 amide bonds. The Hall–Kier alpha value is -2.43. The van der Waals surface area contributed by atoms with Crippen LogP contribution in [0, 0.1) is 37.5 Å². The molecule has 3 aliphatic carbocycles. The molecule has 3 atom stereocenters. The molecule has 1 N–H and O–H groups in total. The molecule has 0 spiro atoms. The number of rotatable bonds is 9. The first-order valence-corrected chi connectivity index (χ1v) is 13.5. The third-order valence-electron chi connectivity index (χ3n) is 8.72. The summed E-state index contributed by atoms with van der Waals surface area (Å²) in [6.45, 7) is 8.66. The highest BCUT2D eigenvalue weighted by Gasteiger charge is 2.48. The number of ketones is 1. The van der Waals surface area contributed by atoms with Gasteiger partial charge in [-0.3, -0.25) is 9.59 Å². The third-order valence-corrected chi connectivity index (χ3v) is 8.72. The molecule has 5 heteroatoms. The lowest BCUT2D eigenvalue weighted by molar-refractivity contribution is -0.141. The lowest BCUT2D eigenvalue weighted by Gasteiger charge is -2.35. The molecule has 0 bridgehead atoms. The Bertz CT molecular complexity index is 1110. The molecule has 0 saturated heterocycles. The van der Waals surface area contributed by atoms with Crippen LogP contribution in [-0.2, 0) is 16.0 Å². The largest absolute Gasteiger partial charge is 0.481 e. The molecule has 5 nitrogen and oxygen atoms in total. The van der Waals surface area contributed by atoms with Gasteiger partial charge in [0, 0.05) is 29.7 Å². The molecule has 0 radical (unpaired) electrons. The van der Waals surface area contributed by atoms with Gasteiger partial charge in [0.25, 0.3) is 0 Å². The fraction of sp³-hybridized carbons (Fsp3) is 0.633. The van der Waals surface area contributed by atoms with E-state index in [1.807, 2.05) is 19.1 Å². The van der Waals surface area contributed by atoms with E-state index in [1.165, 1.54) is 17.5 Å². The molecule has 3 fully saturated rings. The number of benzene rings is 1. The van der Waals surface area contributed by atoms with Gasteiger partial charge in [-0.15, -0.1) is 0 Å². The number of hydrogen-bond acceptors (Lipinski definition) is 4. The maximum atomic E-state index is 13.6. The molecule has 188 valence electrons. The number of aryl methyl sites for hydroxylation is 2. The Morgan fingerprint density at radius 2 is 1.83 bits per heavy atom. The van der Waals surface area contributed by atoms with Gasteiger partial charge in [-0.1, -0.05) is 42.8 Å². The van der Waals surface area contributed by atoms with Crippen LogP contribution in [0.1, 0.15) is 110 Å². The molecule has 0 aliphatic heterocycles. The summed E-state index contributed by atoms with van der Waals surface area (Å²) in [5.74, 6) is 1.77. The van der Waals surface area contributed by atoms with Crippen molar-refractivity contribution in [1.82, 2.24) is 5.16 Å². The van der Waals surface area contributed by atoms with Crippen LogP contribution in [0.5, 0.6) is 0 Å². The first-order valence-electron chi connectivity index (χ1n) is 13.5. The molecular formula is C30H39NO4. The Labute approximate surface area is 208 Å². The molecule has 35 heavy (non-hydrogen) atoms.